The summed E-state index contributed by atoms with van der Waals surface area (Å²) >= 11 is 0. The largest absolute Gasteiger partial charge is 0.340 e. The number of hydrogen-bond donors (Lipinski definition) is 1. The van der Waals surface area contributed by atoms with Gasteiger partial charge in [0.25, 0.3) is 5.78 Å². The second kappa shape index (κ2) is 3.86. The second-order valence-corrected chi connectivity index (χ2v) is 3.75. The highest BCUT2D eigenvalue weighted by Gasteiger charge is 2.05. The van der Waals surface area contributed by atoms with Crippen molar-refractivity contribution < 1.29 is 0 Å². The number of rotatable bonds is 2. The molecule has 5 nitrogen and oxygen atoms in total. The molecule has 17 heavy (non-hydrogen) atoms. The van der Waals surface area contributed by atoms with Gasteiger partial charge in [0.2, 0.25) is 0 Å². The van der Waals surface area contributed by atoms with E-state index in [4.69, 9.17) is 0 Å². The number of fused-ring (bicyclic) bond motifs is 1. The van der Waals surface area contributed by atoms with E-state index < -0.39 is 0 Å². The van der Waals surface area contributed by atoms with Crippen LogP contribution in [-0.4, -0.2) is 19.6 Å². The third-order valence-electron chi connectivity index (χ3n) is 2.43. The lowest BCUT2D eigenvalue weighted by Crippen LogP contribution is -2.02. The average Bonchev–Trinajstić information content (AvgIpc) is 2.78. The molecule has 0 unspecified atom stereocenters. The zero-order chi connectivity index (χ0) is 11.7. The summed E-state index contributed by atoms with van der Waals surface area (Å²) in [4.78, 5) is 8.37. The first-order valence-corrected chi connectivity index (χ1v) is 5.32. The van der Waals surface area contributed by atoms with Crippen molar-refractivity contribution in [1.82, 2.24) is 19.6 Å². The number of para-hydroxylation sites is 1. The van der Waals surface area contributed by atoms with Crippen LogP contribution in [0.3, 0.4) is 0 Å². The first kappa shape index (κ1) is 9.77. The number of benzene rings is 1. The van der Waals surface area contributed by atoms with Crippen LogP contribution < -0.4 is 5.32 Å². The second-order valence-electron chi connectivity index (χ2n) is 3.75. The van der Waals surface area contributed by atoms with Crippen molar-refractivity contribution in [3.05, 3.63) is 48.4 Å². The maximum atomic E-state index is 4.29. The Morgan fingerprint density at radius 2 is 2.00 bits per heavy atom. The number of nitrogens with one attached hydrogen (secondary N) is 1. The maximum absolute atomic E-state index is 4.29. The van der Waals surface area contributed by atoms with Crippen LogP contribution in [0.25, 0.3) is 5.78 Å². The van der Waals surface area contributed by atoms with Crippen molar-refractivity contribution in [3.8, 4) is 0 Å². The lowest BCUT2D eigenvalue weighted by Gasteiger charge is -2.08. The van der Waals surface area contributed by atoms with Gasteiger partial charge >= 0.3 is 0 Å². The molecule has 0 aliphatic carbocycles. The molecule has 0 amide bonds. The highest BCUT2D eigenvalue weighted by molar-refractivity contribution is 5.58. The lowest BCUT2D eigenvalue weighted by molar-refractivity contribution is 0.937. The maximum Gasteiger partial charge on any atom is 0.254 e. The standard InChI is InChI=1S/C12H11N5/c1-9-7-11(16-10-5-3-2-4-6-10)17-12(15-9)13-8-14-17/h2-8,16H,1H3. The van der Waals surface area contributed by atoms with Crippen LogP contribution in [0, 0.1) is 6.92 Å². The molecule has 2 aromatic heterocycles. The molecule has 0 atom stereocenters. The highest BCUT2D eigenvalue weighted by Crippen LogP contribution is 2.16. The van der Waals surface area contributed by atoms with Gasteiger partial charge in [0.1, 0.15) is 12.1 Å². The minimum atomic E-state index is 0.600. The Balaban J connectivity index is 2.08. The molecule has 0 radical (unpaired) electrons. The van der Waals surface area contributed by atoms with E-state index >= 15 is 0 Å². The van der Waals surface area contributed by atoms with Gasteiger partial charge in [0.15, 0.2) is 0 Å². The SMILES string of the molecule is Cc1cc(Nc2ccccc2)n2ncnc2n1. The van der Waals surface area contributed by atoms with Gasteiger partial charge < -0.3 is 5.32 Å². The third kappa shape index (κ3) is 1.82. The normalized spacial score (nSPS) is 10.6. The van der Waals surface area contributed by atoms with Crippen LogP contribution >= 0.6 is 0 Å². The molecule has 1 aromatic carbocycles. The molecule has 2 heterocycles. The van der Waals surface area contributed by atoms with E-state index in [1.165, 1.54) is 6.33 Å². The van der Waals surface area contributed by atoms with Gasteiger partial charge in [0.05, 0.1) is 0 Å². The quantitative estimate of drug-likeness (QED) is 0.726. The average molecular weight is 225 g/mol. The highest BCUT2D eigenvalue weighted by atomic mass is 15.3. The van der Waals surface area contributed by atoms with Gasteiger partial charge in [-0.1, -0.05) is 18.2 Å². The lowest BCUT2D eigenvalue weighted by atomic mass is 10.3. The zero-order valence-corrected chi connectivity index (χ0v) is 9.33. The molecule has 5 heteroatoms. The Hall–Kier alpha value is -2.43. The minimum absolute atomic E-state index is 0.600. The van der Waals surface area contributed by atoms with Crippen molar-refractivity contribution in [1.29, 1.82) is 0 Å². The van der Waals surface area contributed by atoms with Crippen molar-refractivity contribution in [2.24, 2.45) is 0 Å². The molecule has 3 rings (SSSR count). The fourth-order valence-corrected chi connectivity index (χ4v) is 1.69. The number of aryl methyl sites for hydroxylation is 1. The van der Waals surface area contributed by atoms with E-state index in [0.717, 1.165) is 17.2 Å². The zero-order valence-electron chi connectivity index (χ0n) is 9.33. The summed E-state index contributed by atoms with van der Waals surface area (Å²) in [6.45, 7) is 1.94. The molecular weight excluding hydrogens is 214 g/mol. The van der Waals surface area contributed by atoms with E-state index in [1.807, 2.05) is 43.3 Å². The predicted octanol–water partition coefficient (Wildman–Crippen LogP) is 2.18. The summed E-state index contributed by atoms with van der Waals surface area (Å²) in [5.74, 6) is 1.46. The summed E-state index contributed by atoms with van der Waals surface area (Å²) in [7, 11) is 0. The number of hydrogen-bond acceptors (Lipinski definition) is 4. The van der Waals surface area contributed by atoms with Crippen molar-refractivity contribution in [2.45, 2.75) is 6.92 Å². The molecule has 0 saturated heterocycles. The monoisotopic (exact) mass is 225 g/mol. The number of nitrogens with zero attached hydrogens (tertiary/aromatic N) is 4. The van der Waals surface area contributed by atoms with Crippen LogP contribution in [0.15, 0.2) is 42.7 Å². The molecule has 3 aromatic rings. The summed E-state index contributed by atoms with van der Waals surface area (Å²) in [5, 5.41) is 7.43. The summed E-state index contributed by atoms with van der Waals surface area (Å²) in [6, 6.07) is 11.9. The fraction of sp³-hybridized carbons (Fsp3) is 0.0833. The molecule has 0 bridgehead atoms. The Morgan fingerprint density at radius 3 is 2.82 bits per heavy atom. The van der Waals surface area contributed by atoms with E-state index in [-0.39, 0.29) is 0 Å². The molecule has 0 saturated carbocycles. The molecule has 0 aliphatic heterocycles. The van der Waals surface area contributed by atoms with Gasteiger partial charge in [-0.3, -0.25) is 0 Å². The van der Waals surface area contributed by atoms with E-state index in [9.17, 15) is 0 Å². The van der Waals surface area contributed by atoms with Crippen molar-refractivity contribution >= 4 is 17.3 Å². The van der Waals surface area contributed by atoms with Crippen molar-refractivity contribution in [2.75, 3.05) is 5.32 Å². The number of anilines is 2. The minimum Gasteiger partial charge on any atom is -0.340 e. The topological polar surface area (TPSA) is 55.1 Å². The Kier molecular flexibility index (Phi) is 2.22. The van der Waals surface area contributed by atoms with Gasteiger partial charge in [-0.05, 0) is 19.1 Å². The first-order valence-electron chi connectivity index (χ1n) is 5.32. The van der Waals surface area contributed by atoms with Gasteiger partial charge in [0, 0.05) is 17.4 Å². The van der Waals surface area contributed by atoms with Crippen LogP contribution in [-0.2, 0) is 0 Å². The Labute approximate surface area is 98.1 Å². The summed E-state index contributed by atoms with van der Waals surface area (Å²) in [6.07, 6.45) is 1.50. The summed E-state index contributed by atoms with van der Waals surface area (Å²) in [5.41, 5.74) is 1.92. The Bertz CT molecular complexity index is 644. The predicted molar refractivity (Wildman–Crippen MR) is 65.2 cm³/mol. The molecule has 0 fully saturated rings. The van der Waals surface area contributed by atoms with Gasteiger partial charge in [-0.25, -0.2) is 4.98 Å². The van der Waals surface area contributed by atoms with E-state index in [1.54, 1.807) is 4.52 Å². The van der Waals surface area contributed by atoms with Crippen LogP contribution in [0.2, 0.25) is 0 Å². The fourth-order valence-electron chi connectivity index (χ4n) is 1.69. The van der Waals surface area contributed by atoms with Crippen LogP contribution in [0.5, 0.6) is 0 Å². The summed E-state index contributed by atoms with van der Waals surface area (Å²) < 4.78 is 1.68. The van der Waals surface area contributed by atoms with Crippen LogP contribution in [0.4, 0.5) is 11.5 Å². The molecule has 0 aliphatic rings. The van der Waals surface area contributed by atoms with Crippen LogP contribution in [0.1, 0.15) is 5.69 Å². The smallest absolute Gasteiger partial charge is 0.254 e. The Morgan fingerprint density at radius 1 is 1.18 bits per heavy atom. The number of aromatic nitrogens is 4. The molecule has 0 spiro atoms. The van der Waals surface area contributed by atoms with Gasteiger partial charge in [-0.2, -0.15) is 14.6 Å². The third-order valence-corrected chi connectivity index (χ3v) is 2.43. The van der Waals surface area contributed by atoms with E-state index in [0.29, 0.717) is 5.78 Å². The van der Waals surface area contributed by atoms with E-state index in [2.05, 4.69) is 20.4 Å². The molecule has 1 N–H and O–H groups in total. The molecular formula is C12H11N5. The first-order chi connectivity index (χ1) is 8.33. The van der Waals surface area contributed by atoms with Crippen molar-refractivity contribution in [3.63, 3.8) is 0 Å². The van der Waals surface area contributed by atoms with Gasteiger partial charge in [-0.15, -0.1) is 0 Å². The molecule has 84 valence electrons.